The molecule has 0 atom stereocenters. The van der Waals surface area contributed by atoms with Gasteiger partial charge in [-0.1, -0.05) is 0 Å². The van der Waals surface area contributed by atoms with Crippen molar-refractivity contribution in [2.24, 2.45) is 0 Å². The molecule has 0 aliphatic heterocycles. The van der Waals surface area contributed by atoms with Gasteiger partial charge in [-0.25, -0.2) is 0 Å². The summed E-state index contributed by atoms with van der Waals surface area (Å²) in [6, 6.07) is 16.1. The van der Waals surface area contributed by atoms with Crippen LogP contribution in [-0.4, -0.2) is 43.8 Å². The van der Waals surface area contributed by atoms with Crippen LogP contribution in [0.2, 0.25) is 10.0 Å². The van der Waals surface area contributed by atoms with E-state index in [0.29, 0.717) is 0 Å². The summed E-state index contributed by atoms with van der Waals surface area (Å²) < 4.78 is 2.62. The second-order valence-electron chi connectivity index (χ2n) is 5.39. The Morgan fingerprint density at radius 1 is 0.652 bits per heavy atom. The topological polar surface area (TPSA) is 25.8 Å². The van der Waals surface area contributed by atoms with E-state index in [1.54, 1.807) is 0 Å². The van der Waals surface area contributed by atoms with Crippen LogP contribution in [0.15, 0.2) is 60.9 Å². The summed E-state index contributed by atoms with van der Waals surface area (Å²) in [5, 5.41) is 3.53. The summed E-state index contributed by atoms with van der Waals surface area (Å²) in [6.07, 6.45) is 3.64. The molecule has 0 N–H and O–H groups in total. The monoisotopic (exact) mass is 364 g/mol. The number of halogens is 2. The summed E-state index contributed by atoms with van der Waals surface area (Å²) in [7, 11) is 0. The average Bonchev–Trinajstić information content (AvgIpc) is 2.60. The molecule has 0 bridgehead atoms. The Morgan fingerprint density at radius 3 is 1.61 bits per heavy atom. The molecule has 5 heteroatoms. The zero-order valence-corrected chi connectivity index (χ0v) is 15.9. The van der Waals surface area contributed by atoms with Crippen molar-refractivity contribution >= 4 is 82.2 Å². The summed E-state index contributed by atoms with van der Waals surface area (Å²) in [4.78, 5) is 9.10. The van der Waals surface area contributed by atoms with E-state index in [1.807, 2.05) is 48.8 Å². The standard InChI is InChI=1S/2C9H5ClN.Ca/c2*10-8-4-1-5-9-7(8)3-2-6-11-9;/h2*1-4,6H;. The second-order valence-corrected chi connectivity index (χ2v) is 9.13. The maximum absolute atomic E-state index is 6.30. The number of pyridine rings is 2. The SMILES string of the molecule is Clc1cc[c]([Ca][c]2ccc(Cl)c3cccnc23)c2ncccc12. The fraction of sp³-hybridized carbons (Fsp3) is 0. The molecule has 2 heterocycles. The number of benzene rings is 2. The van der Waals surface area contributed by atoms with E-state index in [0.717, 1.165) is 31.9 Å². The van der Waals surface area contributed by atoms with Gasteiger partial charge >= 0.3 is 163 Å². The first kappa shape index (κ1) is 15.6. The molecule has 0 amide bonds. The van der Waals surface area contributed by atoms with Gasteiger partial charge in [0.25, 0.3) is 0 Å². The van der Waals surface area contributed by atoms with Gasteiger partial charge < -0.3 is 0 Å². The fourth-order valence-electron chi connectivity index (χ4n) is 2.88. The van der Waals surface area contributed by atoms with Gasteiger partial charge in [-0.15, -0.1) is 0 Å². The van der Waals surface area contributed by atoms with Gasteiger partial charge in [0.15, 0.2) is 0 Å². The van der Waals surface area contributed by atoms with E-state index >= 15 is 0 Å². The molecule has 108 valence electrons. The van der Waals surface area contributed by atoms with Crippen LogP contribution in [0.1, 0.15) is 0 Å². The molecule has 23 heavy (non-hydrogen) atoms. The average molecular weight is 365 g/mol. The molecular formula is C18H10CaCl2N2. The molecule has 0 saturated heterocycles. The molecule has 0 radical (unpaired) electrons. The molecule has 0 aliphatic rings. The quantitative estimate of drug-likeness (QED) is 0.506. The van der Waals surface area contributed by atoms with E-state index < -0.39 is 33.8 Å². The Morgan fingerprint density at radius 2 is 1.13 bits per heavy atom. The summed E-state index contributed by atoms with van der Waals surface area (Å²) in [5.74, 6) is 0. The van der Waals surface area contributed by atoms with Gasteiger partial charge in [0.2, 0.25) is 0 Å². The molecule has 0 fully saturated rings. The number of aromatic nitrogens is 2. The molecule has 2 aromatic heterocycles. The Kier molecular flexibility index (Phi) is 4.44. The van der Waals surface area contributed by atoms with E-state index in [2.05, 4.69) is 22.1 Å². The number of fused-ring (bicyclic) bond motifs is 2. The van der Waals surface area contributed by atoms with Gasteiger partial charge in [-0.05, 0) is 0 Å². The Bertz CT molecular complexity index is 951. The Labute approximate surface area is 161 Å². The third kappa shape index (κ3) is 2.95. The zero-order chi connectivity index (χ0) is 15.8. The van der Waals surface area contributed by atoms with Crippen molar-refractivity contribution in [3.05, 3.63) is 71.0 Å². The summed E-state index contributed by atoms with van der Waals surface area (Å²) in [6.45, 7) is 0. The molecule has 0 unspecified atom stereocenters. The predicted molar refractivity (Wildman–Crippen MR) is 98.5 cm³/mol. The molecule has 0 aliphatic carbocycles. The van der Waals surface area contributed by atoms with Crippen LogP contribution in [0.25, 0.3) is 21.8 Å². The van der Waals surface area contributed by atoms with Gasteiger partial charge in [-0.2, -0.15) is 0 Å². The number of rotatable bonds is 2. The number of hydrogen-bond acceptors (Lipinski definition) is 2. The third-order valence-corrected chi connectivity index (χ3v) is 7.61. The summed E-state index contributed by atoms with van der Waals surface area (Å²) in [5.41, 5.74) is 2.03. The molecular weight excluding hydrogens is 355 g/mol. The van der Waals surface area contributed by atoms with E-state index in [9.17, 15) is 0 Å². The first-order valence-electron chi connectivity index (χ1n) is 7.28. The van der Waals surface area contributed by atoms with Crippen LogP contribution < -0.4 is 3.32 Å². The second kappa shape index (κ2) is 6.54. The van der Waals surface area contributed by atoms with Gasteiger partial charge in [0, 0.05) is 0 Å². The van der Waals surface area contributed by atoms with Crippen LogP contribution >= 0.6 is 23.2 Å². The minimum absolute atomic E-state index is 0.748. The zero-order valence-electron chi connectivity index (χ0n) is 12.1. The van der Waals surface area contributed by atoms with E-state index in [-0.39, 0.29) is 0 Å². The van der Waals surface area contributed by atoms with Crippen LogP contribution in [0.4, 0.5) is 0 Å². The number of hydrogen-bond donors (Lipinski definition) is 0. The van der Waals surface area contributed by atoms with Crippen LogP contribution in [0.3, 0.4) is 0 Å². The number of nitrogens with zero attached hydrogens (tertiary/aromatic N) is 2. The van der Waals surface area contributed by atoms with Gasteiger partial charge in [-0.3, -0.25) is 0 Å². The molecule has 4 rings (SSSR count). The van der Waals surface area contributed by atoms with Crippen LogP contribution in [0, 0.1) is 0 Å². The normalized spacial score (nSPS) is 10.9. The van der Waals surface area contributed by atoms with Crippen molar-refractivity contribution in [3.8, 4) is 0 Å². The molecule has 0 spiro atoms. The van der Waals surface area contributed by atoms with Crippen molar-refractivity contribution in [2.45, 2.75) is 0 Å². The fourth-order valence-corrected chi connectivity index (χ4v) is 6.09. The molecule has 2 nitrogen and oxygen atoms in total. The van der Waals surface area contributed by atoms with Crippen molar-refractivity contribution in [2.75, 3.05) is 0 Å². The minimum atomic E-state index is -1.27. The van der Waals surface area contributed by atoms with Crippen molar-refractivity contribution in [1.29, 1.82) is 0 Å². The summed E-state index contributed by atoms with van der Waals surface area (Å²) >= 11 is 11.3. The van der Waals surface area contributed by atoms with Crippen molar-refractivity contribution in [1.82, 2.24) is 9.97 Å². The Hall–Kier alpha value is -0.900. The maximum atomic E-state index is 6.30. The Balaban J connectivity index is 1.89. The molecule has 0 saturated carbocycles. The van der Waals surface area contributed by atoms with Crippen molar-refractivity contribution in [3.63, 3.8) is 0 Å². The van der Waals surface area contributed by atoms with Gasteiger partial charge in [0.05, 0.1) is 0 Å². The predicted octanol–water partition coefficient (Wildman–Crippen LogP) is 3.74. The van der Waals surface area contributed by atoms with Crippen LogP contribution in [-0.2, 0) is 0 Å². The van der Waals surface area contributed by atoms with E-state index in [1.165, 1.54) is 3.32 Å². The first-order chi connectivity index (χ1) is 11.2. The molecule has 2 aromatic carbocycles. The third-order valence-electron chi connectivity index (χ3n) is 3.98. The van der Waals surface area contributed by atoms with Crippen molar-refractivity contribution < 1.29 is 0 Å². The van der Waals surface area contributed by atoms with Crippen LogP contribution in [0.5, 0.6) is 0 Å². The first-order valence-corrected chi connectivity index (χ1v) is 10.2. The van der Waals surface area contributed by atoms with E-state index in [4.69, 9.17) is 23.2 Å². The van der Waals surface area contributed by atoms with Gasteiger partial charge in [0.1, 0.15) is 0 Å². The molecule has 4 aromatic rings.